The predicted octanol–water partition coefficient (Wildman–Crippen LogP) is 3.52. The SMILES string of the molecule is C/C=C/C[C@@]1(C(=O)c2ccc(C)cc2)CCN(OPC)C1=O. The van der Waals surface area contributed by atoms with Gasteiger partial charge in [0.2, 0.25) is 0 Å². The molecule has 2 atom stereocenters. The van der Waals surface area contributed by atoms with Crippen molar-refractivity contribution in [2.45, 2.75) is 26.7 Å². The highest BCUT2D eigenvalue weighted by Gasteiger charge is 2.52. The average Bonchev–Trinajstić information content (AvgIpc) is 2.84. The summed E-state index contributed by atoms with van der Waals surface area (Å²) in [7, 11) is 0.190. The van der Waals surface area contributed by atoms with E-state index in [2.05, 4.69) is 0 Å². The van der Waals surface area contributed by atoms with Gasteiger partial charge in [-0.15, -0.1) is 0 Å². The van der Waals surface area contributed by atoms with Crippen molar-refractivity contribution in [1.29, 1.82) is 0 Å². The number of carbonyl (C=O) groups excluding carboxylic acids is 2. The Morgan fingerprint density at radius 2 is 2.09 bits per heavy atom. The second-order valence-corrected chi connectivity index (χ2v) is 6.09. The highest BCUT2D eigenvalue weighted by Crippen LogP contribution is 2.40. The quantitative estimate of drug-likeness (QED) is 0.349. The number of rotatable bonds is 6. The van der Waals surface area contributed by atoms with Gasteiger partial charge in [0.15, 0.2) is 5.78 Å². The zero-order valence-electron chi connectivity index (χ0n) is 13.3. The predicted molar refractivity (Wildman–Crippen MR) is 89.0 cm³/mol. The number of allylic oxidation sites excluding steroid dienone is 2. The Kier molecular flexibility index (Phi) is 5.49. The van der Waals surface area contributed by atoms with Crippen LogP contribution in [-0.4, -0.2) is 30.0 Å². The van der Waals surface area contributed by atoms with Gasteiger partial charge in [-0.2, -0.15) is 0 Å². The number of nitrogens with zero attached hydrogens (tertiary/aromatic N) is 1. The number of Topliss-reactive ketones (excluding diaryl/α,β-unsaturated/α-hetero) is 1. The zero-order valence-corrected chi connectivity index (χ0v) is 14.3. The molecule has 0 saturated carbocycles. The van der Waals surface area contributed by atoms with Crippen LogP contribution in [0.3, 0.4) is 0 Å². The minimum atomic E-state index is -1.03. The summed E-state index contributed by atoms with van der Waals surface area (Å²) in [6, 6.07) is 7.40. The van der Waals surface area contributed by atoms with Crippen molar-refractivity contribution in [3.8, 4) is 0 Å². The van der Waals surface area contributed by atoms with Crippen LogP contribution in [0.5, 0.6) is 0 Å². The van der Waals surface area contributed by atoms with E-state index in [0.29, 0.717) is 24.9 Å². The van der Waals surface area contributed by atoms with E-state index in [1.54, 1.807) is 12.1 Å². The molecular formula is C17H22NO3P. The third-order valence-corrected chi connectivity index (χ3v) is 4.43. The first-order chi connectivity index (χ1) is 10.5. The third kappa shape index (κ3) is 3.13. The van der Waals surface area contributed by atoms with Crippen LogP contribution in [0.2, 0.25) is 0 Å². The lowest BCUT2D eigenvalue weighted by molar-refractivity contribution is -0.153. The fourth-order valence-electron chi connectivity index (χ4n) is 2.73. The Hall–Kier alpha value is -1.51. The molecule has 1 unspecified atom stereocenters. The summed E-state index contributed by atoms with van der Waals surface area (Å²) in [5.41, 5.74) is 0.653. The fraction of sp³-hybridized carbons (Fsp3) is 0.412. The molecule has 1 aliphatic heterocycles. The number of carbonyl (C=O) groups is 2. The Balaban J connectivity index is 2.35. The molecule has 1 aromatic carbocycles. The molecular weight excluding hydrogens is 297 g/mol. The summed E-state index contributed by atoms with van der Waals surface area (Å²) in [5.74, 6) is -0.327. The van der Waals surface area contributed by atoms with Gasteiger partial charge in [-0.25, -0.2) is 5.06 Å². The van der Waals surface area contributed by atoms with E-state index in [4.69, 9.17) is 4.62 Å². The van der Waals surface area contributed by atoms with E-state index < -0.39 is 5.41 Å². The topological polar surface area (TPSA) is 46.6 Å². The van der Waals surface area contributed by atoms with E-state index in [0.717, 1.165) is 5.56 Å². The van der Waals surface area contributed by atoms with Crippen molar-refractivity contribution in [3.63, 3.8) is 0 Å². The summed E-state index contributed by atoms with van der Waals surface area (Å²) < 4.78 is 5.39. The van der Waals surface area contributed by atoms with Crippen LogP contribution in [0, 0.1) is 12.3 Å². The van der Waals surface area contributed by atoms with Crippen molar-refractivity contribution < 1.29 is 14.2 Å². The first-order valence-electron chi connectivity index (χ1n) is 7.43. The highest BCUT2D eigenvalue weighted by atomic mass is 31.1. The van der Waals surface area contributed by atoms with Gasteiger partial charge in [0, 0.05) is 14.4 Å². The lowest BCUT2D eigenvalue weighted by atomic mass is 9.76. The molecule has 5 heteroatoms. The van der Waals surface area contributed by atoms with E-state index in [-0.39, 0.29) is 20.5 Å². The maximum absolute atomic E-state index is 13.0. The van der Waals surface area contributed by atoms with Crippen molar-refractivity contribution in [2.75, 3.05) is 13.2 Å². The van der Waals surface area contributed by atoms with E-state index in [1.165, 1.54) is 5.06 Å². The van der Waals surface area contributed by atoms with Gasteiger partial charge in [-0.1, -0.05) is 42.0 Å². The van der Waals surface area contributed by atoms with Crippen molar-refractivity contribution >= 4 is 20.5 Å². The smallest absolute Gasteiger partial charge is 0.260 e. The van der Waals surface area contributed by atoms with Gasteiger partial charge < -0.3 is 0 Å². The maximum atomic E-state index is 13.0. The summed E-state index contributed by atoms with van der Waals surface area (Å²) in [6.45, 7) is 6.20. The Morgan fingerprint density at radius 1 is 1.41 bits per heavy atom. The number of hydroxylamine groups is 2. The molecule has 22 heavy (non-hydrogen) atoms. The summed E-state index contributed by atoms with van der Waals surface area (Å²) >= 11 is 0. The van der Waals surface area contributed by atoms with Crippen LogP contribution in [0.25, 0.3) is 0 Å². The Labute approximate surface area is 133 Å². The largest absolute Gasteiger partial charge is 0.293 e. The molecule has 1 heterocycles. The number of ketones is 1. The number of hydrogen-bond donors (Lipinski definition) is 0. The molecule has 2 rings (SSSR count). The van der Waals surface area contributed by atoms with E-state index >= 15 is 0 Å². The highest BCUT2D eigenvalue weighted by molar-refractivity contribution is 7.31. The van der Waals surface area contributed by atoms with Crippen LogP contribution in [0.1, 0.15) is 35.7 Å². The van der Waals surface area contributed by atoms with Gasteiger partial charge >= 0.3 is 0 Å². The molecule has 0 aromatic heterocycles. The van der Waals surface area contributed by atoms with Crippen LogP contribution in [0.4, 0.5) is 0 Å². The number of amides is 1. The second-order valence-electron chi connectivity index (χ2n) is 5.50. The van der Waals surface area contributed by atoms with Crippen LogP contribution >= 0.6 is 8.81 Å². The molecule has 4 nitrogen and oxygen atoms in total. The van der Waals surface area contributed by atoms with Gasteiger partial charge in [-0.05, 0) is 33.4 Å². The normalized spacial score (nSPS) is 22.3. The Bertz CT molecular complexity index is 582. The monoisotopic (exact) mass is 319 g/mol. The average molecular weight is 319 g/mol. The molecule has 1 saturated heterocycles. The van der Waals surface area contributed by atoms with Gasteiger partial charge in [0.1, 0.15) is 5.41 Å². The molecule has 0 radical (unpaired) electrons. The molecule has 1 fully saturated rings. The fourth-order valence-corrected chi connectivity index (χ4v) is 3.12. The number of aryl methyl sites for hydroxylation is 1. The van der Waals surface area contributed by atoms with Crippen molar-refractivity contribution in [3.05, 3.63) is 47.5 Å². The second kappa shape index (κ2) is 7.17. The van der Waals surface area contributed by atoms with Gasteiger partial charge in [0.05, 0.1) is 6.54 Å². The van der Waals surface area contributed by atoms with E-state index in [9.17, 15) is 9.59 Å². The summed E-state index contributed by atoms with van der Waals surface area (Å²) in [6.07, 6.45) is 4.68. The molecule has 118 valence electrons. The summed E-state index contributed by atoms with van der Waals surface area (Å²) in [4.78, 5) is 25.8. The van der Waals surface area contributed by atoms with Crippen molar-refractivity contribution in [1.82, 2.24) is 5.06 Å². The van der Waals surface area contributed by atoms with Gasteiger partial charge in [0.25, 0.3) is 5.91 Å². The lowest BCUT2D eigenvalue weighted by Gasteiger charge is -2.25. The van der Waals surface area contributed by atoms with Crippen LogP contribution in [-0.2, 0) is 9.42 Å². The molecule has 1 amide bonds. The van der Waals surface area contributed by atoms with E-state index in [1.807, 2.05) is 44.8 Å². The minimum absolute atomic E-state index is 0.110. The Morgan fingerprint density at radius 3 is 2.68 bits per heavy atom. The summed E-state index contributed by atoms with van der Waals surface area (Å²) in [5, 5.41) is 1.36. The maximum Gasteiger partial charge on any atom is 0.260 e. The van der Waals surface area contributed by atoms with Crippen LogP contribution in [0.15, 0.2) is 36.4 Å². The first-order valence-corrected chi connectivity index (χ1v) is 8.84. The zero-order chi connectivity index (χ0) is 16.2. The standard InChI is InChI=1S/C17H22NO3P/c1-4-5-10-17(11-12-18(16(17)20)21-22-3)15(19)14-8-6-13(2)7-9-14/h4-9,22H,10-12H2,1-3H3/b5-4+/t17-/m0/s1. The molecule has 1 aromatic rings. The molecule has 0 aliphatic carbocycles. The molecule has 0 spiro atoms. The minimum Gasteiger partial charge on any atom is -0.293 e. The first kappa shape index (κ1) is 16.9. The van der Waals surface area contributed by atoms with Crippen LogP contribution < -0.4 is 0 Å². The third-order valence-electron chi connectivity index (χ3n) is 4.03. The molecule has 0 N–H and O–H groups in total. The number of hydrogen-bond acceptors (Lipinski definition) is 3. The molecule has 0 bridgehead atoms. The lowest BCUT2D eigenvalue weighted by Crippen LogP contribution is -2.39. The molecule has 1 aliphatic rings. The van der Waals surface area contributed by atoms with Crippen molar-refractivity contribution in [2.24, 2.45) is 5.41 Å². The number of benzene rings is 1. The van der Waals surface area contributed by atoms with Gasteiger partial charge in [-0.3, -0.25) is 14.2 Å².